The van der Waals surface area contributed by atoms with Gasteiger partial charge >= 0.3 is 0 Å². The van der Waals surface area contributed by atoms with Gasteiger partial charge in [-0.15, -0.1) is 0 Å². The first-order valence-electron chi connectivity index (χ1n) is 10.2. The molecule has 0 saturated carbocycles. The van der Waals surface area contributed by atoms with E-state index < -0.39 is 0 Å². The van der Waals surface area contributed by atoms with Crippen LogP contribution in [-0.4, -0.2) is 33.9 Å². The molecule has 1 aromatic carbocycles. The van der Waals surface area contributed by atoms with Gasteiger partial charge in [-0.25, -0.2) is 0 Å². The van der Waals surface area contributed by atoms with Crippen molar-refractivity contribution in [1.29, 1.82) is 0 Å². The van der Waals surface area contributed by atoms with Crippen molar-refractivity contribution in [2.24, 2.45) is 5.92 Å². The predicted octanol–water partition coefficient (Wildman–Crippen LogP) is 4.18. The highest BCUT2D eigenvalue weighted by Gasteiger charge is 2.24. The number of hydrogen-bond acceptors (Lipinski definition) is 4. The fourth-order valence-electron chi connectivity index (χ4n) is 3.83. The van der Waals surface area contributed by atoms with Gasteiger partial charge in [0.15, 0.2) is 0 Å². The molecule has 0 bridgehead atoms. The Hall–Kier alpha value is -3.21. The minimum Gasteiger partial charge on any atom is -0.380 e. The Balaban J connectivity index is 1.31. The maximum Gasteiger partial charge on any atom is 0.255 e. The van der Waals surface area contributed by atoms with Crippen molar-refractivity contribution in [1.82, 2.24) is 14.9 Å². The number of hydrogen-bond donors (Lipinski definition) is 1. The number of nitrogens with zero attached hydrogens (tertiary/aromatic N) is 3. The van der Waals surface area contributed by atoms with E-state index in [0.717, 1.165) is 43.6 Å². The van der Waals surface area contributed by atoms with Crippen LogP contribution in [0.3, 0.4) is 0 Å². The average Bonchev–Trinajstić information content (AvgIpc) is 2.79. The zero-order chi connectivity index (χ0) is 19.9. The molecule has 5 heteroatoms. The van der Waals surface area contributed by atoms with Gasteiger partial charge in [-0.2, -0.15) is 0 Å². The lowest BCUT2D eigenvalue weighted by Gasteiger charge is -2.32. The second kappa shape index (κ2) is 9.32. The van der Waals surface area contributed by atoms with Crippen LogP contribution in [0.1, 0.15) is 34.3 Å². The third kappa shape index (κ3) is 5.19. The van der Waals surface area contributed by atoms with E-state index in [-0.39, 0.29) is 5.91 Å². The summed E-state index contributed by atoms with van der Waals surface area (Å²) in [6, 6.07) is 16.4. The Morgan fingerprint density at radius 3 is 2.52 bits per heavy atom. The molecule has 0 unspecified atom stereocenters. The molecule has 3 heterocycles. The number of piperidine rings is 1. The van der Waals surface area contributed by atoms with Gasteiger partial charge in [-0.1, -0.05) is 36.4 Å². The number of rotatable bonds is 6. The van der Waals surface area contributed by atoms with E-state index >= 15 is 0 Å². The smallest absolute Gasteiger partial charge is 0.255 e. The Bertz CT molecular complexity index is 922. The molecular formula is C24H26N4O. The molecule has 1 amide bonds. The highest BCUT2D eigenvalue weighted by atomic mass is 16.2. The lowest BCUT2D eigenvalue weighted by atomic mass is 9.90. The highest BCUT2D eigenvalue weighted by molar-refractivity contribution is 5.94. The average molecular weight is 386 g/mol. The van der Waals surface area contributed by atoms with Gasteiger partial charge in [0.25, 0.3) is 5.91 Å². The molecule has 4 rings (SSSR count). The van der Waals surface area contributed by atoms with Crippen molar-refractivity contribution in [3.8, 4) is 0 Å². The lowest BCUT2D eigenvalue weighted by molar-refractivity contribution is 0.0690. The van der Waals surface area contributed by atoms with Gasteiger partial charge in [-0.3, -0.25) is 14.8 Å². The maximum atomic E-state index is 12.9. The van der Waals surface area contributed by atoms with Crippen LogP contribution in [-0.2, 0) is 13.0 Å². The normalized spacial score (nSPS) is 14.6. The van der Waals surface area contributed by atoms with Crippen LogP contribution < -0.4 is 5.32 Å². The number of likely N-dealkylation sites (tertiary alicyclic amines) is 1. The molecule has 1 fully saturated rings. The first-order valence-corrected chi connectivity index (χ1v) is 10.2. The van der Waals surface area contributed by atoms with Crippen LogP contribution in [0.5, 0.6) is 0 Å². The molecule has 3 aromatic rings. The van der Waals surface area contributed by atoms with Crippen LogP contribution in [0, 0.1) is 5.92 Å². The fourth-order valence-corrected chi connectivity index (χ4v) is 3.83. The quantitative estimate of drug-likeness (QED) is 0.690. The lowest BCUT2D eigenvalue weighted by Crippen LogP contribution is -2.39. The summed E-state index contributed by atoms with van der Waals surface area (Å²) in [6.07, 6.45) is 10.2. The molecular weight excluding hydrogens is 360 g/mol. The van der Waals surface area contributed by atoms with Crippen LogP contribution in [0.4, 0.5) is 5.69 Å². The SMILES string of the molecule is O=C(c1cncc(NCc2cccnc2)c1)N1CCC(Cc2ccccc2)CC1. The summed E-state index contributed by atoms with van der Waals surface area (Å²) in [4.78, 5) is 23.3. The summed E-state index contributed by atoms with van der Waals surface area (Å²) >= 11 is 0. The minimum absolute atomic E-state index is 0.0701. The van der Waals surface area contributed by atoms with Gasteiger partial charge in [0.05, 0.1) is 11.3 Å². The van der Waals surface area contributed by atoms with E-state index in [0.29, 0.717) is 18.0 Å². The summed E-state index contributed by atoms with van der Waals surface area (Å²) in [5.41, 5.74) is 3.96. The Kier molecular flexibility index (Phi) is 6.15. The predicted molar refractivity (Wildman–Crippen MR) is 115 cm³/mol. The summed E-state index contributed by atoms with van der Waals surface area (Å²) in [6.45, 7) is 2.27. The molecule has 29 heavy (non-hydrogen) atoms. The number of amides is 1. The number of anilines is 1. The van der Waals surface area contributed by atoms with Crippen molar-refractivity contribution < 1.29 is 4.79 Å². The van der Waals surface area contributed by atoms with Crippen molar-refractivity contribution in [2.75, 3.05) is 18.4 Å². The molecule has 1 aliphatic heterocycles. The topological polar surface area (TPSA) is 58.1 Å². The number of pyridine rings is 2. The summed E-state index contributed by atoms with van der Waals surface area (Å²) in [5.74, 6) is 0.716. The molecule has 1 N–H and O–H groups in total. The number of benzene rings is 1. The first-order chi connectivity index (χ1) is 14.3. The van der Waals surface area contributed by atoms with E-state index in [2.05, 4.69) is 45.6 Å². The minimum atomic E-state index is 0.0701. The van der Waals surface area contributed by atoms with Crippen molar-refractivity contribution in [3.05, 3.63) is 90.0 Å². The first kappa shape index (κ1) is 19.1. The molecule has 0 aliphatic carbocycles. The molecule has 1 aliphatic rings. The molecule has 2 aromatic heterocycles. The van der Waals surface area contributed by atoms with Gasteiger partial charge in [0.2, 0.25) is 0 Å². The highest BCUT2D eigenvalue weighted by Crippen LogP contribution is 2.23. The van der Waals surface area contributed by atoms with E-state index in [1.165, 1.54) is 5.56 Å². The number of nitrogens with one attached hydrogen (secondary N) is 1. The monoisotopic (exact) mass is 386 g/mol. The van der Waals surface area contributed by atoms with Crippen molar-refractivity contribution in [2.45, 2.75) is 25.8 Å². The Labute approximate surface area is 171 Å². The molecule has 148 valence electrons. The number of carbonyl (C=O) groups is 1. The number of aromatic nitrogens is 2. The standard InChI is InChI=1S/C24H26N4O/c29-24(28-11-8-20(9-12-28)13-19-5-2-1-3-6-19)22-14-23(18-26-17-22)27-16-21-7-4-10-25-15-21/h1-7,10,14-15,17-18,20,27H,8-9,11-13,16H2. The van der Waals surface area contributed by atoms with Gasteiger partial charge in [0, 0.05) is 44.4 Å². The van der Waals surface area contributed by atoms with E-state index in [9.17, 15) is 4.79 Å². The largest absolute Gasteiger partial charge is 0.380 e. The molecule has 5 nitrogen and oxygen atoms in total. The van der Waals surface area contributed by atoms with Crippen molar-refractivity contribution in [3.63, 3.8) is 0 Å². The second-order valence-electron chi connectivity index (χ2n) is 7.60. The van der Waals surface area contributed by atoms with E-state index in [1.807, 2.05) is 29.3 Å². The van der Waals surface area contributed by atoms with Crippen molar-refractivity contribution >= 4 is 11.6 Å². The van der Waals surface area contributed by atoms with Gasteiger partial charge in [0.1, 0.15) is 0 Å². The fraction of sp³-hybridized carbons (Fsp3) is 0.292. The second-order valence-corrected chi connectivity index (χ2v) is 7.60. The molecule has 1 saturated heterocycles. The Morgan fingerprint density at radius 1 is 0.966 bits per heavy atom. The third-order valence-electron chi connectivity index (χ3n) is 5.47. The molecule has 0 atom stereocenters. The summed E-state index contributed by atoms with van der Waals surface area (Å²) < 4.78 is 0. The van der Waals surface area contributed by atoms with E-state index in [4.69, 9.17) is 0 Å². The summed E-state index contributed by atoms with van der Waals surface area (Å²) in [5, 5.41) is 3.32. The van der Waals surface area contributed by atoms with E-state index in [1.54, 1.807) is 18.6 Å². The van der Waals surface area contributed by atoms with Crippen LogP contribution in [0.25, 0.3) is 0 Å². The zero-order valence-electron chi connectivity index (χ0n) is 16.5. The van der Waals surface area contributed by atoms with Crippen LogP contribution in [0.15, 0.2) is 73.3 Å². The zero-order valence-corrected chi connectivity index (χ0v) is 16.5. The third-order valence-corrected chi connectivity index (χ3v) is 5.47. The van der Waals surface area contributed by atoms with Gasteiger partial charge < -0.3 is 10.2 Å². The number of carbonyl (C=O) groups excluding carboxylic acids is 1. The maximum absolute atomic E-state index is 12.9. The van der Waals surface area contributed by atoms with Gasteiger partial charge in [-0.05, 0) is 48.4 Å². The Morgan fingerprint density at radius 2 is 1.76 bits per heavy atom. The van der Waals surface area contributed by atoms with Crippen LogP contribution in [0.2, 0.25) is 0 Å². The molecule has 0 radical (unpaired) electrons. The van der Waals surface area contributed by atoms with Crippen LogP contribution >= 0.6 is 0 Å². The summed E-state index contributed by atoms with van der Waals surface area (Å²) in [7, 11) is 0. The molecule has 0 spiro atoms.